The average Bonchev–Trinajstić information content (AvgIpc) is 3.12. The third-order valence-electron chi connectivity index (χ3n) is 5.95. The predicted molar refractivity (Wildman–Crippen MR) is 123 cm³/mol. The molecular weight excluding hydrogens is 380 g/mol. The van der Waals surface area contributed by atoms with E-state index in [9.17, 15) is 10.2 Å². The van der Waals surface area contributed by atoms with Crippen molar-refractivity contribution in [1.82, 2.24) is 0 Å². The van der Waals surface area contributed by atoms with Gasteiger partial charge in [0.25, 0.3) is 0 Å². The van der Waals surface area contributed by atoms with Crippen LogP contribution in [0.4, 0.5) is 0 Å². The lowest BCUT2D eigenvalue weighted by Gasteiger charge is -2.23. The van der Waals surface area contributed by atoms with Gasteiger partial charge in [0, 0.05) is 6.61 Å². The molecule has 0 saturated carbocycles. The van der Waals surface area contributed by atoms with Crippen molar-refractivity contribution < 1.29 is 24.8 Å². The minimum atomic E-state index is -1.00. The van der Waals surface area contributed by atoms with E-state index in [1.54, 1.807) is 0 Å². The Labute approximate surface area is 184 Å². The predicted octanol–water partition coefficient (Wildman–Crippen LogP) is 4.91. The van der Waals surface area contributed by atoms with E-state index in [4.69, 9.17) is 14.6 Å². The first-order valence-corrected chi connectivity index (χ1v) is 12.6. The summed E-state index contributed by atoms with van der Waals surface area (Å²) in [5.41, 5.74) is 0. The number of unbranched alkanes of at least 4 members (excludes halogenated alkanes) is 13. The van der Waals surface area contributed by atoms with Gasteiger partial charge in [0.05, 0.1) is 13.2 Å². The van der Waals surface area contributed by atoms with Crippen LogP contribution in [-0.4, -0.2) is 59.6 Å². The lowest BCUT2D eigenvalue weighted by Crippen LogP contribution is -2.42. The molecule has 1 saturated heterocycles. The molecule has 0 aromatic heterocycles. The number of aliphatic hydroxyl groups excluding tert-OH is 3. The number of allylic oxidation sites excluding steroid dienone is 2. The smallest absolute Gasteiger partial charge is 0.114 e. The quantitative estimate of drug-likeness (QED) is 0.190. The summed E-state index contributed by atoms with van der Waals surface area (Å²) in [5, 5.41) is 28.7. The SMILES string of the molecule is CCCCCCC/C=C/CCCCCCCCCCO[C@H]1[C@@H]([C@@H](O)CO)OC[C@H]1O. The number of hydrogen-bond donors (Lipinski definition) is 3. The highest BCUT2D eigenvalue weighted by Gasteiger charge is 2.40. The van der Waals surface area contributed by atoms with E-state index in [1.807, 2.05) is 0 Å². The van der Waals surface area contributed by atoms with Gasteiger partial charge in [-0.25, -0.2) is 0 Å². The fraction of sp³-hybridized carbons (Fsp3) is 0.920. The fourth-order valence-electron chi connectivity index (χ4n) is 4.00. The molecule has 0 amide bonds. The monoisotopic (exact) mass is 428 g/mol. The molecular formula is C25H48O5. The van der Waals surface area contributed by atoms with Crippen molar-refractivity contribution in [3.05, 3.63) is 12.2 Å². The molecule has 30 heavy (non-hydrogen) atoms. The molecule has 0 spiro atoms. The largest absolute Gasteiger partial charge is 0.394 e. The van der Waals surface area contributed by atoms with Crippen LogP contribution in [0.5, 0.6) is 0 Å². The van der Waals surface area contributed by atoms with Gasteiger partial charge in [-0.05, 0) is 32.1 Å². The summed E-state index contributed by atoms with van der Waals surface area (Å²) in [7, 11) is 0. The highest BCUT2D eigenvalue weighted by molar-refractivity contribution is 4.89. The molecule has 1 fully saturated rings. The second kappa shape index (κ2) is 19.2. The Morgan fingerprint density at radius 1 is 0.867 bits per heavy atom. The highest BCUT2D eigenvalue weighted by atomic mass is 16.6. The van der Waals surface area contributed by atoms with Gasteiger partial charge in [-0.3, -0.25) is 0 Å². The average molecular weight is 429 g/mol. The first kappa shape index (κ1) is 27.6. The molecule has 0 aromatic rings. The lowest BCUT2D eigenvalue weighted by molar-refractivity contribution is -0.0938. The zero-order valence-corrected chi connectivity index (χ0v) is 19.4. The van der Waals surface area contributed by atoms with Crippen LogP contribution >= 0.6 is 0 Å². The molecule has 1 heterocycles. The van der Waals surface area contributed by atoms with Gasteiger partial charge in [0.2, 0.25) is 0 Å². The molecule has 0 bridgehead atoms. The normalized spacial score (nSPS) is 22.9. The molecule has 0 aromatic carbocycles. The summed E-state index contributed by atoms with van der Waals surface area (Å²) >= 11 is 0. The maximum absolute atomic E-state index is 9.90. The summed E-state index contributed by atoms with van der Waals surface area (Å²) < 4.78 is 11.1. The van der Waals surface area contributed by atoms with E-state index in [0.29, 0.717) is 6.61 Å². The summed E-state index contributed by atoms with van der Waals surface area (Å²) in [6, 6.07) is 0. The number of hydrogen-bond acceptors (Lipinski definition) is 5. The Morgan fingerprint density at radius 3 is 1.97 bits per heavy atom. The van der Waals surface area contributed by atoms with Gasteiger partial charge in [-0.1, -0.05) is 83.3 Å². The summed E-state index contributed by atoms with van der Waals surface area (Å²) in [6.45, 7) is 2.59. The van der Waals surface area contributed by atoms with Gasteiger partial charge < -0.3 is 24.8 Å². The van der Waals surface area contributed by atoms with E-state index < -0.39 is 24.4 Å². The molecule has 1 aliphatic rings. The molecule has 0 radical (unpaired) electrons. The van der Waals surface area contributed by atoms with E-state index in [-0.39, 0.29) is 13.2 Å². The Hall–Kier alpha value is -0.460. The van der Waals surface area contributed by atoms with Crippen LogP contribution in [-0.2, 0) is 9.47 Å². The second-order valence-electron chi connectivity index (χ2n) is 8.74. The van der Waals surface area contributed by atoms with E-state index in [1.165, 1.54) is 83.5 Å². The van der Waals surface area contributed by atoms with Crippen LogP contribution in [0.2, 0.25) is 0 Å². The molecule has 178 valence electrons. The standard InChI is InChI=1S/C25H48O5/c1-2-3-4-5-6-7-8-9-10-11-12-13-14-15-16-17-18-19-29-25-23(28)21-30-24(25)22(27)20-26/h8-9,22-28H,2-7,10-21H2,1H3/b9-8+/t22-,23+,24+,25+/m0/s1. The van der Waals surface area contributed by atoms with Gasteiger partial charge in [-0.2, -0.15) is 0 Å². The van der Waals surface area contributed by atoms with Crippen LogP contribution in [0.1, 0.15) is 103 Å². The Kier molecular flexibility index (Phi) is 17.7. The topological polar surface area (TPSA) is 79.2 Å². The van der Waals surface area contributed by atoms with Crippen molar-refractivity contribution in [1.29, 1.82) is 0 Å². The summed E-state index contributed by atoms with van der Waals surface area (Å²) in [4.78, 5) is 0. The third kappa shape index (κ3) is 13.1. The zero-order chi connectivity index (χ0) is 21.9. The maximum Gasteiger partial charge on any atom is 0.114 e. The van der Waals surface area contributed by atoms with Gasteiger partial charge in [-0.15, -0.1) is 0 Å². The van der Waals surface area contributed by atoms with Gasteiger partial charge in [0.1, 0.15) is 24.4 Å². The van der Waals surface area contributed by atoms with Gasteiger partial charge in [0.15, 0.2) is 0 Å². The molecule has 0 aliphatic carbocycles. The molecule has 5 nitrogen and oxygen atoms in total. The van der Waals surface area contributed by atoms with Crippen molar-refractivity contribution >= 4 is 0 Å². The molecule has 1 aliphatic heterocycles. The zero-order valence-electron chi connectivity index (χ0n) is 19.4. The van der Waals surface area contributed by atoms with E-state index >= 15 is 0 Å². The van der Waals surface area contributed by atoms with Crippen LogP contribution in [0.25, 0.3) is 0 Å². The van der Waals surface area contributed by atoms with Crippen LogP contribution in [0, 0.1) is 0 Å². The minimum Gasteiger partial charge on any atom is -0.394 e. The van der Waals surface area contributed by atoms with Crippen molar-refractivity contribution in [3.8, 4) is 0 Å². The fourth-order valence-corrected chi connectivity index (χ4v) is 4.00. The van der Waals surface area contributed by atoms with Crippen LogP contribution in [0.15, 0.2) is 12.2 Å². The Balaban J connectivity index is 1.84. The van der Waals surface area contributed by atoms with Crippen LogP contribution in [0.3, 0.4) is 0 Å². The molecule has 5 heteroatoms. The molecule has 1 rings (SSSR count). The first-order chi connectivity index (χ1) is 14.7. The van der Waals surface area contributed by atoms with Gasteiger partial charge >= 0.3 is 0 Å². The second-order valence-corrected chi connectivity index (χ2v) is 8.74. The lowest BCUT2D eigenvalue weighted by atomic mass is 10.1. The van der Waals surface area contributed by atoms with Crippen LogP contribution < -0.4 is 0 Å². The Morgan fingerprint density at radius 2 is 1.40 bits per heavy atom. The Bertz CT molecular complexity index is 401. The summed E-state index contributed by atoms with van der Waals surface area (Å²) in [5.74, 6) is 0. The van der Waals surface area contributed by atoms with Crippen molar-refractivity contribution in [2.45, 2.75) is 128 Å². The molecule has 0 unspecified atom stereocenters. The summed E-state index contributed by atoms with van der Waals surface area (Å²) in [6.07, 6.45) is 21.0. The van der Waals surface area contributed by atoms with E-state index in [2.05, 4.69) is 19.1 Å². The number of rotatable bonds is 20. The van der Waals surface area contributed by atoms with E-state index in [0.717, 1.165) is 12.8 Å². The molecule has 3 N–H and O–H groups in total. The number of aliphatic hydroxyl groups is 3. The van der Waals surface area contributed by atoms with Crippen molar-refractivity contribution in [3.63, 3.8) is 0 Å². The van der Waals surface area contributed by atoms with Crippen molar-refractivity contribution in [2.24, 2.45) is 0 Å². The minimum absolute atomic E-state index is 0.154. The highest BCUT2D eigenvalue weighted by Crippen LogP contribution is 2.21. The molecule has 4 atom stereocenters. The third-order valence-corrected chi connectivity index (χ3v) is 5.95. The first-order valence-electron chi connectivity index (χ1n) is 12.6. The van der Waals surface area contributed by atoms with Crippen molar-refractivity contribution in [2.75, 3.05) is 19.8 Å². The maximum atomic E-state index is 9.90. The number of ether oxygens (including phenoxy) is 2.